The smallest absolute Gasteiger partial charge is 0.262 e. The minimum absolute atomic E-state index is 0.108. The Morgan fingerprint density at radius 1 is 0.903 bits per heavy atom. The number of carbonyl (C=O) groups is 2. The molecule has 2 fully saturated rings. The fourth-order valence-electron chi connectivity index (χ4n) is 4.85. The van der Waals surface area contributed by atoms with E-state index >= 15 is 0 Å². The Bertz CT molecular complexity index is 1110. The molecule has 1 N–H and O–H groups in total. The summed E-state index contributed by atoms with van der Waals surface area (Å²) in [6.07, 6.45) is 3.48. The molecule has 1 heterocycles. The van der Waals surface area contributed by atoms with Gasteiger partial charge in [0.25, 0.3) is 10.0 Å². The summed E-state index contributed by atoms with van der Waals surface area (Å²) in [7, 11) is -3.82. The zero-order valence-corrected chi connectivity index (χ0v) is 19.0. The van der Waals surface area contributed by atoms with Gasteiger partial charge in [0, 0.05) is 5.69 Å². The molecule has 0 aromatic heterocycles. The van der Waals surface area contributed by atoms with Gasteiger partial charge >= 0.3 is 0 Å². The highest BCUT2D eigenvalue weighted by Crippen LogP contribution is 2.38. The van der Waals surface area contributed by atoms with Crippen LogP contribution in [0.25, 0.3) is 0 Å². The van der Waals surface area contributed by atoms with Gasteiger partial charge in [-0.15, -0.1) is 0 Å². The standard InChI is InChI=1S/C24H28N2O4S/c1-15-10-16(2)12-19(11-15)25-31(29,30)22-13-18(9-8-17(22)3)14-26-23(27)20-6-4-5-7-21(20)24(26)28/h8-13,20-21,25H,4-7,14H2,1-3H3/t20-,21-/m0/s1. The highest BCUT2D eigenvalue weighted by atomic mass is 32.2. The lowest BCUT2D eigenvalue weighted by Crippen LogP contribution is -2.30. The van der Waals surface area contributed by atoms with E-state index < -0.39 is 10.0 Å². The molecule has 1 saturated heterocycles. The molecule has 1 aliphatic heterocycles. The Hall–Kier alpha value is -2.67. The van der Waals surface area contributed by atoms with E-state index in [1.165, 1.54) is 4.90 Å². The number of sulfonamides is 1. The number of likely N-dealkylation sites (tertiary alicyclic amines) is 1. The molecule has 2 amide bonds. The SMILES string of the molecule is Cc1cc(C)cc(NS(=O)(=O)c2cc(CN3C(=O)[C@H]4CCCC[C@@H]4C3=O)ccc2C)c1. The minimum atomic E-state index is -3.82. The van der Waals surface area contributed by atoms with Crippen molar-refractivity contribution in [2.75, 3.05) is 4.72 Å². The maximum Gasteiger partial charge on any atom is 0.262 e. The van der Waals surface area contributed by atoms with Crippen molar-refractivity contribution in [2.24, 2.45) is 11.8 Å². The molecule has 31 heavy (non-hydrogen) atoms. The molecular formula is C24H28N2O4S. The Morgan fingerprint density at radius 2 is 1.48 bits per heavy atom. The number of benzene rings is 2. The second kappa shape index (κ2) is 8.11. The summed E-state index contributed by atoms with van der Waals surface area (Å²) in [6.45, 7) is 5.67. The van der Waals surface area contributed by atoms with Crippen LogP contribution in [-0.4, -0.2) is 25.1 Å². The number of rotatable bonds is 5. The number of carbonyl (C=O) groups excluding carboxylic acids is 2. The van der Waals surface area contributed by atoms with Crippen molar-refractivity contribution in [1.82, 2.24) is 4.90 Å². The van der Waals surface area contributed by atoms with Crippen LogP contribution in [-0.2, 0) is 26.2 Å². The van der Waals surface area contributed by atoms with Gasteiger partial charge in [-0.05, 0) is 74.1 Å². The quantitative estimate of drug-likeness (QED) is 0.710. The fraction of sp³-hybridized carbons (Fsp3) is 0.417. The average molecular weight is 441 g/mol. The number of hydrogen-bond donors (Lipinski definition) is 1. The molecule has 164 valence electrons. The maximum absolute atomic E-state index is 13.1. The molecule has 0 bridgehead atoms. The van der Waals surface area contributed by atoms with E-state index in [2.05, 4.69) is 4.72 Å². The maximum atomic E-state index is 13.1. The van der Waals surface area contributed by atoms with Crippen LogP contribution in [0.5, 0.6) is 0 Å². The molecule has 0 spiro atoms. The Labute approximate surface area is 183 Å². The van der Waals surface area contributed by atoms with Crippen LogP contribution in [0.15, 0.2) is 41.3 Å². The number of fused-ring (bicyclic) bond motifs is 1. The van der Waals surface area contributed by atoms with E-state index in [4.69, 9.17) is 0 Å². The lowest BCUT2D eigenvalue weighted by Gasteiger charge is -2.19. The number of amides is 2. The molecule has 7 heteroatoms. The largest absolute Gasteiger partial charge is 0.280 e. The summed E-state index contributed by atoms with van der Waals surface area (Å²) in [5, 5.41) is 0. The van der Waals surface area contributed by atoms with E-state index in [0.717, 1.165) is 36.8 Å². The first-order valence-corrected chi connectivity index (χ1v) is 12.2. The number of anilines is 1. The topological polar surface area (TPSA) is 83.6 Å². The molecule has 1 saturated carbocycles. The van der Waals surface area contributed by atoms with Crippen LogP contribution in [0, 0.1) is 32.6 Å². The van der Waals surface area contributed by atoms with Crippen molar-refractivity contribution in [1.29, 1.82) is 0 Å². The third-order valence-corrected chi connectivity index (χ3v) is 7.81. The van der Waals surface area contributed by atoms with Gasteiger partial charge in [0.15, 0.2) is 0 Å². The van der Waals surface area contributed by atoms with Crippen molar-refractivity contribution < 1.29 is 18.0 Å². The van der Waals surface area contributed by atoms with Crippen molar-refractivity contribution >= 4 is 27.5 Å². The molecule has 4 rings (SSSR count). The number of imide groups is 1. The third-order valence-electron chi connectivity index (χ3n) is 6.29. The zero-order valence-electron chi connectivity index (χ0n) is 18.1. The second-order valence-corrected chi connectivity index (χ2v) is 10.5. The summed E-state index contributed by atoms with van der Waals surface area (Å²) in [5.74, 6) is -0.650. The number of nitrogens with one attached hydrogen (secondary N) is 1. The van der Waals surface area contributed by atoms with Gasteiger partial charge in [0.05, 0.1) is 23.3 Å². The third kappa shape index (κ3) is 4.24. The van der Waals surface area contributed by atoms with Crippen LogP contribution >= 0.6 is 0 Å². The predicted octanol–water partition coefficient (Wildman–Crippen LogP) is 4.09. The van der Waals surface area contributed by atoms with E-state index in [0.29, 0.717) is 16.8 Å². The van der Waals surface area contributed by atoms with E-state index in [1.54, 1.807) is 37.3 Å². The van der Waals surface area contributed by atoms with Crippen LogP contribution in [0.2, 0.25) is 0 Å². The monoisotopic (exact) mass is 440 g/mol. The van der Waals surface area contributed by atoms with Gasteiger partial charge < -0.3 is 0 Å². The number of aryl methyl sites for hydroxylation is 3. The van der Waals surface area contributed by atoms with Gasteiger partial charge in [-0.2, -0.15) is 0 Å². The molecule has 2 aliphatic rings. The molecule has 6 nitrogen and oxygen atoms in total. The lowest BCUT2D eigenvalue weighted by atomic mass is 9.81. The highest BCUT2D eigenvalue weighted by molar-refractivity contribution is 7.92. The summed E-state index contributed by atoms with van der Waals surface area (Å²) >= 11 is 0. The van der Waals surface area contributed by atoms with E-state index in [9.17, 15) is 18.0 Å². The highest BCUT2D eigenvalue weighted by Gasteiger charge is 2.47. The molecule has 2 aromatic carbocycles. The van der Waals surface area contributed by atoms with Crippen molar-refractivity contribution in [2.45, 2.75) is 57.9 Å². The summed E-state index contributed by atoms with van der Waals surface area (Å²) in [5.41, 5.74) is 3.68. The average Bonchev–Trinajstić information content (AvgIpc) is 2.93. The minimum Gasteiger partial charge on any atom is -0.280 e. The zero-order chi connectivity index (χ0) is 22.3. The van der Waals surface area contributed by atoms with Gasteiger partial charge in [-0.3, -0.25) is 19.2 Å². The summed E-state index contributed by atoms with van der Waals surface area (Å²) in [4.78, 5) is 27.0. The molecule has 2 atom stereocenters. The Kier molecular flexibility index (Phi) is 5.64. The molecule has 0 radical (unpaired) electrons. The Morgan fingerprint density at radius 3 is 2.06 bits per heavy atom. The molecule has 0 unspecified atom stereocenters. The van der Waals surface area contributed by atoms with Gasteiger partial charge in [0.1, 0.15) is 0 Å². The fourth-order valence-corrected chi connectivity index (χ4v) is 6.18. The molecule has 2 aromatic rings. The van der Waals surface area contributed by atoms with Crippen LogP contribution in [0.4, 0.5) is 5.69 Å². The first-order valence-electron chi connectivity index (χ1n) is 10.7. The van der Waals surface area contributed by atoms with Gasteiger partial charge in [0.2, 0.25) is 11.8 Å². The first kappa shape index (κ1) is 21.6. The van der Waals surface area contributed by atoms with Gasteiger partial charge in [-0.25, -0.2) is 8.42 Å². The van der Waals surface area contributed by atoms with Crippen LogP contribution in [0.3, 0.4) is 0 Å². The summed E-state index contributed by atoms with van der Waals surface area (Å²) < 4.78 is 28.9. The Balaban J connectivity index is 1.60. The van der Waals surface area contributed by atoms with Gasteiger partial charge in [-0.1, -0.05) is 31.0 Å². The molecular weight excluding hydrogens is 412 g/mol. The summed E-state index contributed by atoms with van der Waals surface area (Å²) in [6, 6.07) is 10.6. The van der Waals surface area contributed by atoms with E-state index in [1.807, 2.05) is 19.9 Å². The van der Waals surface area contributed by atoms with Crippen molar-refractivity contribution in [3.05, 3.63) is 58.7 Å². The normalized spacial score (nSPS) is 21.3. The molecule has 1 aliphatic carbocycles. The number of hydrogen-bond acceptors (Lipinski definition) is 4. The predicted molar refractivity (Wildman–Crippen MR) is 119 cm³/mol. The van der Waals surface area contributed by atoms with Crippen molar-refractivity contribution in [3.63, 3.8) is 0 Å². The lowest BCUT2D eigenvalue weighted by molar-refractivity contribution is -0.140. The number of nitrogens with zero attached hydrogens (tertiary/aromatic N) is 1. The second-order valence-electron chi connectivity index (χ2n) is 8.84. The van der Waals surface area contributed by atoms with Crippen molar-refractivity contribution in [3.8, 4) is 0 Å². The van der Waals surface area contributed by atoms with Crippen LogP contribution < -0.4 is 4.72 Å². The first-order chi connectivity index (χ1) is 14.7. The van der Waals surface area contributed by atoms with E-state index in [-0.39, 0.29) is 35.1 Å². The van der Waals surface area contributed by atoms with Crippen LogP contribution in [0.1, 0.15) is 47.9 Å².